The first-order valence-corrected chi connectivity index (χ1v) is 13.6. The first-order valence-electron chi connectivity index (χ1n) is 13.6. The fourth-order valence-electron chi connectivity index (χ4n) is 9.30. The van der Waals surface area contributed by atoms with Crippen LogP contribution in [0.1, 0.15) is 112 Å². The molecule has 0 amide bonds. The van der Waals surface area contributed by atoms with Crippen molar-refractivity contribution in [2.75, 3.05) is 0 Å². The van der Waals surface area contributed by atoms with Gasteiger partial charge in [0.25, 0.3) is 0 Å². The molecule has 0 unspecified atom stereocenters. The van der Waals surface area contributed by atoms with Gasteiger partial charge in [0.05, 0.1) is 6.10 Å². The number of aliphatic hydroxyl groups excluding tert-OH is 1. The highest BCUT2D eigenvalue weighted by atomic mass is 16.3. The highest BCUT2D eigenvalue weighted by Crippen LogP contribution is 2.67. The van der Waals surface area contributed by atoms with Gasteiger partial charge < -0.3 is 5.11 Å². The second kappa shape index (κ2) is 8.57. The molecule has 0 aliphatic heterocycles. The molecule has 0 aromatic carbocycles. The van der Waals surface area contributed by atoms with Crippen LogP contribution in [0.3, 0.4) is 0 Å². The predicted molar refractivity (Wildman–Crippen MR) is 128 cm³/mol. The van der Waals surface area contributed by atoms with Crippen LogP contribution in [-0.2, 0) is 0 Å². The quantitative estimate of drug-likeness (QED) is 0.436. The second-order valence-corrected chi connectivity index (χ2v) is 12.9. The predicted octanol–water partition coefficient (Wildman–Crippen LogP) is 8.02. The van der Waals surface area contributed by atoms with E-state index in [-0.39, 0.29) is 6.10 Å². The van der Waals surface area contributed by atoms with E-state index in [0.29, 0.717) is 10.8 Å². The zero-order chi connectivity index (χ0) is 21.7. The van der Waals surface area contributed by atoms with Gasteiger partial charge in [0, 0.05) is 0 Å². The molecule has 4 rings (SSSR count). The molecular weight excluding hydrogens is 364 g/mol. The minimum Gasteiger partial charge on any atom is -0.393 e. The summed E-state index contributed by atoms with van der Waals surface area (Å²) in [6, 6.07) is 0. The summed E-state index contributed by atoms with van der Waals surface area (Å²) in [7, 11) is 0. The Morgan fingerprint density at radius 3 is 2.47 bits per heavy atom. The van der Waals surface area contributed by atoms with E-state index in [2.05, 4.69) is 47.6 Å². The minimum absolute atomic E-state index is 0.0794. The summed E-state index contributed by atoms with van der Waals surface area (Å²) in [5.41, 5.74) is 2.59. The lowest BCUT2D eigenvalue weighted by atomic mass is 9.47. The standard InChI is InChI=1S/C29H50O/c1-7-21(19(2)3)9-8-20(4)25-12-13-26-24-11-10-22-18-23(30)14-16-28(22,5)27(24)15-17-29(25,26)6/h10,19-21,23-27,30H,7-9,11-18H2,1-6H3/t20-,21-,23+,24-,25-,26+,27-,28+,29-/m1/s1. The molecule has 4 aliphatic rings. The van der Waals surface area contributed by atoms with Crippen molar-refractivity contribution in [1.82, 2.24) is 0 Å². The van der Waals surface area contributed by atoms with Gasteiger partial charge in [-0.3, -0.25) is 0 Å². The molecule has 9 atom stereocenters. The van der Waals surface area contributed by atoms with E-state index in [0.717, 1.165) is 54.3 Å². The van der Waals surface area contributed by atoms with E-state index in [4.69, 9.17) is 0 Å². The van der Waals surface area contributed by atoms with E-state index in [1.807, 2.05) is 0 Å². The van der Waals surface area contributed by atoms with E-state index in [1.54, 1.807) is 5.57 Å². The van der Waals surface area contributed by atoms with Crippen LogP contribution in [-0.4, -0.2) is 11.2 Å². The average molecular weight is 415 g/mol. The van der Waals surface area contributed by atoms with Crippen LogP contribution in [0, 0.1) is 52.3 Å². The van der Waals surface area contributed by atoms with E-state index in [9.17, 15) is 5.11 Å². The largest absolute Gasteiger partial charge is 0.393 e. The van der Waals surface area contributed by atoms with Crippen LogP contribution in [0.2, 0.25) is 0 Å². The molecular formula is C29H50O. The summed E-state index contributed by atoms with van der Waals surface area (Å²) >= 11 is 0. The van der Waals surface area contributed by atoms with Crippen molar-refractivity contribution in [3.63, 3.8) is 0 Å². The average Bonchev–Trinajstić information content (AvgIpc) is 3.06. The summed E-state index contributed by atoms with van der Waals surface area (Å²) in [5.74, 6) is 6.31. The smallest absolute Gasteiger partial charge is 0.0577 e. The Morgan fingerprint density at radius 1 is 1.00 bits per heavy atom. The second-order valence-electron chi connectivity index (χ2n) is 12.9. The van der Waals surface area contributed by atoms with Crippen molar-refractivity contribution in [2.45, 2.75) is 118 Å². The molecule has 0 aromatic heterocycles. The Bertz CT molecular complexity index is 634. The molecule has 3 saturated carbocycles. The van der Waals surface area contributed by atoms with Crippen LogP contribution in [0.15, 0.2) is 11.6 Å². The summed E-state index contributed by atoms with van der Waals surface area (Å²) in [6.07, 6.45) is 17.1. The van der Waals surface area contributed by atoms with E-state index >= 15 is 0 Å². The van der Waals surface area contributed by atoms with Gasteiger partial charge in [-0.2, -0.15) is 0 Å². The zero-order valence-corrected chi connectivity index (χ0v) is 20.9. The molecule has 0 saturated heterocycles. The van der Waals surface area contributed by atoms with E-state index < -0.39 is 0 Å². The van der Waals surface area contributed by atoms with Crippen LogP contribution in [0.4, 0.5) is 0 Å². The molecule has 1 N–H and O–H groups in total. The lowest BCUT2D eigenvalue weighted by Gasteiger charge is -2.58. The summed E-state index contributed by atoms with van der Waals surface area (Å²) in [6.45, 7) is 15.1. The molecule has 172 valence electrons. The van der Waals surface area contributed by atoms with Gasteiger partial charge in [-0.15, -0.1) is 0 Å². The normalized spacial score (nSPS) is 45.3. The maximum absolute atomic E-state index is 10.2. The number of hydrogen-bond acceptors (Lipinski definition) is 1. The van der Waals surface area contributed by atoms with Gasteiger partial charge in [-0.05, 0) is 110 Å². The Hall–Kier alpha value is -0.300. The van der Waals surface area contributed by atoms with Crippen LogP contribution in [0.5, 0.6) is 0 Å². The third kappa shape index (κ3) is 3.74. The lowest BCUT2D eigenvalue weighted by molar-refractivity contribution is -0.0575. The lowest BCUT2D eigenvalue weighted by Crippen LogP contribution is -2.50. The van der Waals surface area contributed by atoms with Crippen molar-refractivity contribution < 1.29 is 5.11 Å². The highest BCUT2D eigenvalue weighted by Gasteiger charge is 2.59. The van der Waals surface area contributed by atoms with Gasteiger partial charge in [0.1, 0.15) is 0 Å². The third-order valence-electron chi connectivity index (χ3n) is 11.3. The Balaban J connectivity index is 1.47. The SMILES string of the molecule is CC[C@H](CC[C@@H](C)[C@H]1CC[C@H]2[C@H]3CC=C4C[C@@H](O)CC[C@]4(C)[C@@H]3CC[C@]12C)C(C)C. The van der Waals surface area contributed by atoms with Crippen molar-refractivity contribution >= 4 is 0 Å². The maximum atomic E-state index is 10.2. The molecule has 1 nitrogen and oxygen atoms in total. The first kappa shape index (κ1) is 22.9. The topological polar surface area (TPSA) is 20.2 Å². The highest BCUT2D eigenvalue weighted by molar-refractivity contribution is 5.25. The van der Waals surface area contributed by atoms with Crippen LogP contribution in [0.25, 0.3) is 0 Å². The summed E-state index contributed by atoms with van der Waals surface area (Å²) in [5, 5.41) is 10.2. The fraction of sp³-hybridized carbons (Fsp3) is 0.931. The van der Waals surface area contributed by atoms with E-state index in [1.165, 1.54) is 57.8 Å². The van der Waals surface area contributed by atoms with Gasteiger partial charge >= 0.3 is 0 Å². The maximum Gasteiger partial charge on any atom is 0.0577 e. The fourth-order valence-corrected chi connectivity index (χ4v) is 9.30. The monoisotopic (exact) mass is 414 g/mol. The molecule has 3 fully saturated rings. The number of rotatable bonds is 6. The first-order chi connectivity index (χ1) is 14.2. The molecule has 0 bridgehead atoms. The minimum atomic E-state index is -0.0794. The van der Waals surface area contributed by atoms with Crippen molar-refractivity contribution in [3.8, 4) is 0 Å². The van der Waals surface area contributed by atoms with Gasteiger partial charge in [-0.25, -0.2) is 0 Å². The molecule has 0 aromatic rings. The van der Waals surface area contributed by atoms with Crippen molar-refractivity contribution in [1.29, 1.82) is 0 Å². The summed E-state index contributed by atoms with van der Waals surface area (Å²) < 4.78 is 0. The molecule has 1 heteroatoms. The van der Waals surface area contributed by atoms with Crippen LogP contribution < -0.4 is 0 Å². The molecule has 0 radical (unpaired) electrons. The van der Waals surface area contributed by atoms with Gasteiger partial charge in [-0.1, -0.05) is 66.0 Å². The van der Waals surface area contributed by atoms with Crippen molar-refractivity contribution in [2.24, 2.45) is 52.3 Å². The number of aliphatic hydroxyl groups is 1. The Labute approximate surface area is 187 Å². The Morgan fingerprint density at radius 2 is 1.77 bits per heavy atom. The molecule has 30 heavy (non-hydrogen) atoms. The summed E-state index contributed by atoms with van der Waals surface area (Å²) in [4.78, 5) is 0. The van der Waals surface area contributed by atoms with Crippen LogP contribution >= 0.6 is 0 Å². The third-order valence-corrected chi connectivity index (χ3v) is 11.3. The molecule has 0 heterocycles. The number of allylic oxidation sites excluding steroid dienone is 1. The number of hydrogen-bond donors (Lipinski definition) is 1. The molecule has 0 spiro atoms. The zero-order valence-electron chi connectivity index (χ0n) is 20.9. The van der Waals surface area contributed by atoms with Gasteiger partial charge in [0.15, 0.2) is 0 Å². The van der Waals surface area contributed by atoms with Gasteiger partial charge in [0.2, 0.25) is 0 Å². The Kier molecular flexibility index (Phi) is 6.53. The molecule has 4 aliphatic carbocycles. The number of fused-ring (bicyclic) bond motifs is 5. The van der Waals surface area contributed by atoms with Crippen molar-refractivity contribution in [3.05, 3.63) is 11.6 Å².